The standard InChI is InChI=1S/C23H31FN8O3/c1-14(2)26-23(33)35-19-10-15(9-17(19)24)18-11-20(30-29-18)28-22-25-4-3-21-27-16(13-32(21)22)12-31-5-7-34-8-6-31/h3-4,11,13-15,17,19H,5-10,12H2,1-2H3,(H,26,33)(H2,25,28,29,30)/t15-,17+,19-/m0/s1. The topological polar surface area (TPSA) is 122 Å². The van der Waals surface area contributed by atoms with Crippen LogP contribution in [-0.4, -0.2) is 80.2 Å². The SMILES string of the molecule is CC(C)NC(=O)O[C@H]1C[C@@H](c2cc(Nc3nccc4nc(CN5CCOCC5)cn34)n[nH]2)C[C@H]1F. The first kappa shape index (κ1) is 23.5. The fraction of sp³-hybridized carbons (Fsp3) is 0.565. The maximum atomic E-state index is 14.5. The third-order valence-corrected chi connectivity index (χ3v) is 6.29. The summed E-state index contributed by atoms with van der Waals surface area (Å²) in [6, 6.07) is 3.64. The van der Waals surface area contributed by atoms with Crippen molar-refractivity contribution < 1.29 is 18.7 Å². The molecule has 2 fully saturated rings. The summed E-state index contributed by atoms with van der Waals surface area (Å²) in [5.41, 5.74) is 2.53. The number of H-pyrrole nitrogens is 1. The number of nitrogens with zero attached hydrogens (tertiary/aromatic N) is 5. The Balaban J connectivity index is 1.24. The maximum absolute atomic E-state index is 14.5. The third kappa shape index (κ3) is 5.54. The van der Waals surface area contributed by atoms with Crippen LogP contribution in [0.4, 0.5) is 21.0 Å². The predicted molar refractivity (Wildman–Crippen MR) is 126 cm³/mol. The molecule has 3 atom stereocenters. The van der Waals surface area contributed by atoms with Gasteiger partial charge in [-0.3, -0.25) is 14.4 Å². The Labute approximate surface area is 202 Å². The van der Waals surface area contributed by atoms with Gasteiger partial charge in [0.25, 0.3) is 0 Å². The van der Waals surface area contributed by atoms with Crippen LogP contribution < -0.4 is 10.6 Å². The molecule has 3 aromatic rings. The van der Waals surface area contributed by atoms with E-state index < -0.39 is 18.4 Å². The number of halogens is 1. The highest BCUT2D eigenvalue weighted by molar-refractivity contribution is 5.67. The molecule has 188 valence electrons. The number of fused-ring (bicyclic) bond motifs is 1. The monoisotopic (exact) mass is 486 g/mol. The highest BCUT2D eigenvalue weighted by atomic mass is 19.1. The van der Waals surface area contributed by atoms with E-state index in [1.165, 1.54) is 0 Å². The van der Waals surface area contributed by atoms with Crippen LogP contribution in [0.25, 0.3) is 5.65 Å². The smallest absolute Gasteiger partial charge is 0.407 e. The molecule has 35 heavy (non-hydrogen) atoms. The number of morpholine rings is 1. The van der Waals surface area contributed by atoms with Crippen LogP contribution in [0.1, 0.15) is 44.0 Å². The summed E-state index contributed by atoms with van der Waals surface area (Å²) >= 11 is 0. The van der Waals surface area contributed by atoms with E-state index in [0.717, 1.165) is 49.9 Å². The molecule has 4 heterocycles. The van der Waals surface area contributed by atoms with Crippen molar-refractivity contribution in [2.45, 2.75) is 57.5 Å². The van der Waals surface area contributed by atoms with Crippen molar-refractivity contribution in [3.05, 3.63) is 35.9 Å². The second-order valence-electron chi connectivity index (χ2n) is 9.38. The van der Waals surface area contributed by atoms with E-state index >= 15 is 0 Å². The quantitative estimate of drug-likeness (QED) is 0.466. The van der Waals surface area contributed by atoms with E-state index in [1.807, 2.05) is 36.6 Å². The van der Waals surface area contributed by atoms with Gasteiger partial charge in [-0.05, 0) is 32.8 Å². The van der Waals surface area contributed by atoms with E-state index in [9.17, 15) is 9.18 Å². The molecule has 1 saturated carbocycles. The number of aromatic amines is 1. The van der Waals surface area contributed by atoms with Gasteiger partial charge in [-0.1, -0.05) is 0 Å². The van der Waals surface area contributed by atoms with Crippen molar-refractivity contribution in [3.63, 3.8) is 0 Å². The molecule has 1 aliphatic heterocycles. The normalized spacial score (nSPS) is 23.1. The van der Waals surface area contributed by atoms with Crippen molar-refractivity contribution in [3.8, 4) is 0 Å². The van der Waals surface area contributed by atoms with Gasteiger partial charge < -0.3 is 20.1 Å². The Morgan fingerprint density at radius 3 is 2.97 bits per heavy atom. The molecule has 0 aromatic carbocycles. The number of carbonyl (C=O) groups excluding carboxylic acids is 1. The van der Waals surface area contributed by atoms with E-state index in [2.05, 4.69) is 30.7 Å². The van der Waals surface area contributed by atoms with Gasteiger partial charge in [-0.15, -0.1) is 0 Å². The zero-order valence-electron chi connectivity index (χ0n) is 19.9. The molecule has 1 saturated heterocycles. The highest BCUT2D eigenvalue weighted by Crippen LogP contribution is 2.38. The number of carbonyl (C=O) groups is 1. The zero-order valence-corrected chi connectivity index (χ0v) is 19.9. The molecule has 1 amide bonds. The lowest BCUT2D eigenvalue weighted by Crippen LogP contribution is -2.35. The van der Waals surface area contributed by atoms with Crippen LogP contribution in [0, 0.1) is 0 Å². The number of alkyl halides is 1. The molecular weight excluding hydrogens is 455 g/mol. The fourth-order valence-corrected chi connectivity index (χ4v) is 4.58. The van der Waals surface area contributed by atoms with Crippen molar-refractivity contribution in [2.75, 3.05) is 31.6 Å². The number of hydrogen-bond acceptors (Lipinski definition) is 8. The predicted octanol–water partition coefficient (Wildman–Crippen LogP) is 2.75. The van der Waals surface area contributed by atoms with Crippen LogP contribution in [0.3, 0.4) is 0 Å². The minimum Gasteiger partial charge on any atom is -0.443 e. The molecule has 0 bridgehead atoms. The molecular formula is C23H31FN8O3. The van der Waals surface area contributed by atoms with E-state index in [0.29, 0.717) is 18.2 Å². The van der Waals surface area contributed by atoms with Crippen LogP contribution in [0.2, 0.25) is 0 Å². The number of imidazole rings is 1. The Hall–Kier alpha value is -3.25. The van der Waals surface area contributed by atoms with Crippen molar-refractivity contribution in [1.29, 1.82) is 0 Å². The van der Waals surface area contributed by atoms with Gasteiger partial charge in [-0.25, -0.2) is 19.2 Å². The van der Waals surface area contributed by atoms with Gasteiger partial charge in [0.2, 0.25) is 5.95 Å². The second-order valence-corrected chi connectivity index (χ2v) is 9.38. The molecule has 3 N–H and O–H groups in total. The summed E-state index contributed by atoms with van der Waals surface area (Å²) in [5.74, 6) is 1.03. The lowest BCUT2D eigenvalue weighted by atomic mass is 10.0. The average molecular weight is 487 g/mol. The maximum Gasteiger partial charge on any atom is 0.407 e. The van der Waals surface area contributed by atoms with Crippen LogP contribution >= 0.6 is 0 Å². The lowest BCUT2D eigenvalue weighted by Gasteiger charge is -2.25. The van der Waals surface area contributed by atoms with Gasteiger partial charge in [0, 0.05) is 55.7 Å². The Kier molecular flexibility index (Phi) is 6.82. The Bertz CT molecular complexity index is 1160. The number of hydrogen-bond donors (Lipinski definition) is 3. The summed E-state index contributed by atoms with van der Waals surface area (Å²) < 4.78 is 27.1. The van der Waals surface area contributed by atoms with E-state index in [-0.39, 0.29) is 18.4 Å². The second kappa shape index (κ2) is 10.2. The molecule has 1 aliphatic carbocycles. The number of anilines is 2. The number of ether oxygens (including phenoxy) is 2. The first-order valence-electron chi connectivity index (χ1n) is 12.0. The minimum atomic E-state index is -1.22. The molecule has 0 unspecified atom stereocenters. The summed E-state index contributed by atoms with van der Waals surface area (Å²) in [6.45, 7) is 7.67. The molecule has 0 spiro atoms. The molecule has 3 aromatic heterocycles. The summed E-state index contributed by atoms with van der Waals surface area (Å²) in [5, 5.41) is 13.2. The number of alkyl carbamates (subject to hydrolysis) is 1. The highest BCUT2D eigenvalue weighted by Gasteiger charge is 2.38. The van der Waals surface area contributed by atoms with Crippen molar-refractivity contribution >= 4 is 23.5 Å². The van der Waals surface area contributed by atoms with Gasteiger partial charge in [0.1, 0.15) is 17.9 Å². The summed E-state index contributed by atoms with van der Waals surface area (Å²) in [7, 11) is 0. The average Bonchev–Trinajstić information content (AvgIpc) is 3.53. The fourth-order valence-electron chi connectivity index (χ4n) is 4.58. The van der Waals surface area contributed by atoms with Crippen molar-refractivity contribution in [1.82, 2.24) is 34.8 Å². The first-order valence-corrected chi connectivity index (χ1v) is 12.0. The lowest BCUT2D eigenvalue weighted by molar-refractivity contribution is 0.0337. The zero-order chi connectivity index (χ0) is 24.4. The Morgan fingerprint density at radius 2 is 2.17 bits per heavy atom. The van der Waals surface area contributed by atoms with Crippen LogP contribution in [-0.2, 0) is 16.0 Å². The summed E-state index contributed by atoms with van der Waals surface area (Å²) in [6.07, 6.45) is 1.76. The molecule has 12 heteroatoms. The summed E-state index contributed by atoms with van der Waals surface area (Å²) in [4.78, 5) is 23.4. The van der Waals surface area contributed by atoms with Gasteiger partial charge in [0.05, 0.1) is 18.9 Å². The Morgan fingerprint density at radius 1 is 1.34 bits per heavy atom. The molecule has 5 rings (SSSR count). The van der Waals surface area contributed by atoms with Gasteiger partial charge >= 0.3 is 6.09 Å². The molecule has 2 aliphatic rings. The molecule has 0 radical (unpaired) electrons. The first-order chi connectivity index (χ1) is 16.9. The van der Waals surface area contributed by atoms with Crippen LogP contribution in [0.15, 0.2) is 24.5 Å². The largest absolute Gasteiger partial charge is 0.443 e. The molecule has 11 nitrogen and oxygen atoms in total. The van der Waals surface area contributed by atoms with E-state index in [1.54, 1.807) is 6.20 Å². The number of amides is 1. The number of rotatable bonds is 7. The van der Waals surface area contributed by atoms with E-state index in [4.69, 9.17) is 14.5 Å². The number of aromatic nitrogens is 5. The minimum absolute atomic E-state index is 0.0667. The third-order valence-electron chi connectivity index (χ3n) is 6.29. The van der Waals surface area contributed by atoms with Crippen LogP contribution in [0.5, 0.6) is 0 Å². The van der Waals surface area contributed by atoms with Gasteiger partial charge in [-0.2, -0.15) is 5.10 Å². The van der Waals surface area contributed by atoms with Gasteiger partial charge in [0.15, 0.2) is 5.82 Å². The number of nitrogens with one attached hydrogen (secondary N) is 3. The van der Waals surface area contributed by atoms with Crippen molar-refractivity contribution in [2.24, 2.45) is 0 Å².